The summed E-state index contributed by atoms with van der Waals surface area (Å²) in [7, 11) is 3.37. The fourth-order valence-electron chi connectivity index (χ4n) is 4.67. The van der Waals surface area contributed by atoms with Gasteiger partial charge in [0.2, 0.25) is 0 Å². The summed E-state index contributed by atoms with van der Waals surface area (Å²) in [5, 5.41) is 12.6. The van der Waals surface area contributed by atoms with E-state index in [4.69, 9.17) is 27.4 Å². The highest BCUT2D eigenvalue weighted by atomic mass is 32.1. The normalized spacial score (nSPS) is 16.6. The molecule has 8 nitrogen and oxygen atoms in total. The van der Waals surface area contributed by atoms with Crippen LogP contribution in [0.2, 0.25) is 0 Å². The van der Waals surface area contributed by atoms with Crippen molar-refractivity contribution in [2.45, 2.75) is 19.8 Å². The largest absolute Gasteiger partial charge is 0.497 e. The Morgan fingerprint density at radius 3 is 1.89 bits per heavy atom. The van der Waals surface area contributed by atoms with E-state index in [1.165, 1.54) is 17.8 Å². The number of anilines is 2. The van der Waals surface area contributed by atoms with Gasteiger partial charge in [0.05, 0.1) is 14.2 Å². The number of nitrogens with zero attached hydrogens (tertiary/aromatic N) is 4. The summed E-state index contributed by atoms with van der Waals surface area (Å²) in [5.74, 6) is 1.78. The minimum Gasteiger partial charge on any atom is -0.497 e. The number of allylic oxidation sites excluding steroid dienone is 1. The first-order chi connectivity index (χ1) is 18.5. The lowest BCUT2D eigenvalue weighted by Gasteiger charge is -2.26. The number of methoxy groups -OCH3 is 2. The molecule has 2 aromatic rings. The molecule has 2 aromatic carbocycles. The molecule has 4 rings (SSSR count). The molecule has 3 N–H and O–H groups in total. The average Bonchev–Trinajstić information content (AvgIpc) is 3.38. The monoisotopic (exact) mass is 536 g/mol. The molecule has 0 unspecified atom stereocenters. The molecule has 0 radical (unpaired) electrons. The quantitative estimate of drug-likeness (QED) is 0.325. The van der Waals surface area contributed by atoms with Crippen LogP contribution in [0.4, 0.5) is 11.4 Å². The smallest absolute Gasteiger partial charge is 0.119 e. The molecule has 0 aliphatic carbocycles. The molecule has 0 bridgehead atoms. The van der Waals surface area contributed by atoms with E-state index >= 15 is 0 Å². The molecule has 9 heteroatoms. The number of ether oxygens (including phenoxy) is 2. The molecule has 0 atom stereocenters. The highest BCUT2D eigenvalue weighted by Crippen LogP contribution is 2.22. The highest BCUT2D eigenvalue weighted by molar-refractivity contribution is 7.80. The first-order valence-corrected chi connectivity index (χ1v) is 13.5. The van der Waals surface area contributed by atoms with Crippen molar-refractivity contribution < 1.29 is 9.47 Å². The van der Waals surface area contributed by atoms with Crippen LogP contribution in [0.25, 0.3) is 0 Å². The molecule has 38 heavy (non-hydrogen) atoms. The SMILES string of the molecule is COc1ccc(N2CCCN(/C(C)=C(/C#N)C(N)=S)CC2)cc1.COc1ccc(N2CCCNCC2)cc1. The lowest BCUT2D eigenvalue weighted by atomic mass is 10.2. The van der Waals surface area contributed by atoms with Crippen LogP contribution in [0.1, 0.15) is 19.8 Å². The van der Waals surface area contributed by atoms with Crippen molar-refractivity contribution in [1.82, 2.24) is 10.2 Å². The third kappa shape index (κ3) is 8.27. The highest BCUT2D eigenvalue weighted by Gasteiger charge is 2.18. The number of nitrogens with two attached hydrogens (primary N) is 1. The summed E-state index contributed by atoms with van der Waals surface area (Å²) < 4.78 is 10.4. The molecule has 2 fully saturated rings. The van der Waals surface area contributed by atoms with Crippen LogP contribution in [0, 0.1) is 11.3 Å². The number of nitrogens with one attached hydrogen (secondary N) is 1. The fourth-order valence-corrected chi connectivity index (χ4v) is 4.87. The van der Waals surface area contributed by atoms with Crippen molar-refractivity contribution >= 4 is 28.6 Å². The molecule has 0 aromatic heterocycles. The number of thiocarbonyl (C=S) groups is 1. The van der Waals surface area contributed by atoms with Gasteiger partial charge in [-0.1, -0.05) is 12.2 Å². The summed E-state index contributed by atoms with van der Waals surface area (Å²) in [6, 6.07) is 18.5. The van der Waals surface area contributed by atoms with Gasteiger partial charge in [-0.15, -0.1) is 0 Å². The van der Waals surface area contributed by atoms with Crippen LogP contribution in [0.5, 0.6) is 11.5 Å². The van der Waals surface area contributed by atoms with E-state index in [-0.39, 0.29) is 4.99 Å². The van der Waals surface area contributed by atoms with Gasteiger partial charge in [-0.25, -0.2) is 0 Å². The Morgan fingerprint density at radius 1 is 0.816 bits per heavy atom. The maximum absolute atomic E-state index is 9.22. The van der Waals surface area contributed by atoms with Gasteiger partial charge in [0, 0.05) is 62.9 Å². The summed E-state index contributed by atoms with van der Waals surface area (Å²) in [4.78, 5) is 7.13. The van der Waals surface area contributed by atoms with Gasteiger partial charge in [0.1, 0.15) is 28.1 Å². The Morgan fingerprint density at radius 2 is 1.37 bits per heavy atom. The van der Waals surface area contributed by atoms with Gasteiger partial charge in [-0.3, -0.25) is 0 Å². The van der Waals surface area contributed by atoms with Crippen molar-refractivity contribution in [1.29, 1.82) is 5.26 Å². The maximum Gasteiger partial charge on any atom is 0.119 e. The topological polar surface area (TPSA) is 90.0 Å². The fraction of sp³-hybridized carbons (Fsp3) is 0.448. The van der Waals surface area contributed by atoms with E-state index in [2.05, 4.69) is 50.4 Å². The Balaban J connectivity index is 0.000000230. The molecule has 0 saturated carbocycles. The standard InChI is InChI=1S/C17H22N4OS.C12H18N2O/c1-13(16(12-18)17(19)23)20-8-3-9-21(11-10-20)14-4-6-15(22-2)7-5-14;1-15-12-5-3-11(4-6-12)14-9-2-7-13-8-10-14/h4-7H,3,8-11H2,1-2H3,(H2,19,23);3-6,13H,2,7-10H2,1H3/b16-13-;. The Bertz CT molecular complexity index is 1090. The first-order valence-electron chi connectivity index (χ1n) is 13.1. The van der Waals surface area contributed by atoms with Crippen LogP contribution in [-0.4, -0.2) is 76.5 Å². The van der Waals surface area contributed by atoms with E-state index in [9.17, 15) is 5.26 Å². The van der Waals surface area contributed by atoms with E-state index in [1.54, 1.807) is 14.2 Å². The average molecular weight is 537 g/mol. The van der Waals surface area contributed by atoms with Crippen molar-refractivity contribution in [3.63, 3.8) is 0 Å². The molecule has 2 aliphatic rings. The molecule has 204 valence electrons. The summed E-state index contributed by atoms with van der Waals surface area (Å²) in [5.41, 5.74) is 9.40. The van der Waals surface area contributed by atoms with E-state index < -0.39 is 0 Å². The van der Waals surface area contributed by atoms with Gasteiger partial charge < -0.3 is 35.2 Å². The zero-order chi connectivity index (χ0) is 27.3. The molecular formula is C29H40N6O2S. The lowest BCUT2D eigenvalue weighted by Crippen LogP contribution is -2.31. The van der Waals surface area contributed by atoms with Gasteiger partial charge >= 0.3 is 0 Å². The van der Waals surface area contributed by atoms with Gasteiger partial charge in [0.15, 0.2) is 0 Å². The van der Waals surface area contributed by atoms with Crippen molar-refractivity contribution in [3.05, 3.63) is 59.8 Å². The predicted molar refractivity (Wildman–Crippen MR) is 159 cm³/mol. The maximum atomic E-state index is 9.22. The summed E-state index contributed by atoms with van der Waals surface area (Å²) >= 11 is 4.97. The minimum atomic E-state index is 0.168. The van der Waals surface area contributed by atoms with E-state index in [0.717, 1.165) is 76.0 Å². The van der Waals surface area contributed by atoms with E-state index in [0.29, 0.717) is 5.57 Å². The van der Waals surface area contributed by atoms with Crippen LogP contribution in [-0.2, 0) is 0 Å². The van der Waals surface area contributed by atoms with Gasteiger partial charge in [-0.2, -0.15) is 5.26 Å². The van der Waals surface area contributed by atoms with Gasteiger partial charge in [0.25, 0.3) is 0 Å². The number of hydrogen-bond donors (Lipinski definition) is 2. The number of nitriles is 1. The Labute approximate surface area is 232 Å². The molecule has 2 saturated heterocycles. The second-order valence-corrected chi connectivity index (χ2v) is 9.69. The molecular weight excluding hydrogens is 496 g/mol. The summed E-state index contributed by atoms with van der Waals surface area (Å²) in [6.07, 6.45) is 2.23. The van der Waals surface area contributed by atoms with Crippen LogP contribution in [0.15, 0.2) is 59.8 Å². The molecule has 2 heterocycles. The Kier molecular flexibility index (Phi) is 11.5. The number of hydrogen-bond acceptors (Lipinski definition) is 8. The third-order valence-corrected chi connectivity index (χ3v) is 7.11. The third-order valence-electron chi connectivity index (χ3n) is 6.91. The van der Waals surface area contributed by atoms with Crippen molar-refractivity contribution in [3.8, 4) is 17.6 Å². The molecule has 0 amide bonds. The first kappa shape index (κ1) is 29.1. The predicted octanol–water partition coefficient (Wildman–Crippen LogP) is 3.79. The van der Waals surface area contributed by atoms with Crippen LogP contribution >= 0.6 is 12.2 Å². The zero-order valence-corrected chi connectivity index (χ0v) is 23.6. The van der Waals surface area contributed by atoms with Crippen LogP contribution in [0.3, 0.4) is 0 Å². The second kappa shape index (κ2) is 15.1. The number of benzene rings is 2. The van der Waals surface area contributed by atoms with Crippen molar-refractivity contribution in [2.75, 3.05) is 76.4 Å². The van der Waals surface area contributed by atoms with Crippen molar-refractivity contribution in [2.24, 2.45) is 5.73 Å². The zero-order valence-electron chi connectivity index (χ0n) is 22.8. The second-order valence-electron chi connectivity index (χ2n) is 9.25. The minimum absolute atomic E-state index is 0.168. The summed E-state index contributed by atoms with van der Waals surface area (Å²) in [6.45, 7) is 9.95. The Hall–Kier alpha value is -3.48. The van der Waals surface area contributed by atoms with Crippen LogP contribution < -0.4 is 30.3 Å². The lowest BCUT2D eigenvalue weighted by molar-refractivity contribution is 0.369. The molecule has 0 spiro atoms. The molecule has 2 aliphatic heterocycles. The van der Waals surface area contributed by atoms with E-state index in [1.807, 2.05) is 31.2 Å². The van der Waals surface area contributed by atoms with Gasteiger partial charge in [-0.05, 0) is 74.8 Å². The number of rotatable bonds is 6.